The molecule has 1 aromatic rings. The highest BCUT2D eigenvalue weighted by atomic mass is 32.2. The molecule has 2 heterocycles. The van der Waals surface area contributed by atoms with Crippen molar-refractivity contribution in [2.24, 2.45) is 4.99 Å². The third-order valence-corrected chi connectivity index (χ3v) is 5.08. The maximum atomic E-state index is 12.3. The van der Waals surface area contributed by atoms with E-state index in [-0.39, 0.29) is 23.9 Å². The molecule has 0 aromatic heterocycles. The molecule has 0 spiro atoms. The summed E-state index contributed by atoms with van der Waals surface area (Å²) < 4.78 is 0. The first-order valence-corrected chi connectivity index (χ1v) is 8.41. The van der Waals surface area contributed by atoms with Crippen molar-refractivity contribution < 1.29 is 14.5 Å². The zero-order valence-electron chi connectivity index (χ0n) is 13.0. The normalized spacial score (nSPS) is 19.7. The Bertz CT molecular complexity index is 749. The summed E-state index contributed by atoms with van der Waals surface area (Å²) in [6.45, 7) is 2.99. The number of anilines is 1. The fraction of sp³-hybridized carbons (Fsp3) is 0.400. The third-order valence-electron chi connectivity index (χ3n) is 3.87. The number of benzene rings is 1. The van der Waals surface area contributed by atoms with E-state index in [2.05, 4.69) is 10.3 Å². The smallest absolute Gasteiger partial charge is 0.274 e. The predicted molar refractivity (Wildman–Crippen MR) is 91.1 cm³/mol. The monoisotopic (exact) mass is 348 g/mol. The number of nitrogens with zero attached hydrogens (tertiary/aromatic N) is 3. The van der Waals surface area contributed by atoms with Gasteiger partial charge >= 0.3 is 0 Å². The van der Waals surface area contributed by atoms with Crippen LogP contribution >= 0.6 is 11.8 Å². The van der Waals surface area contributed by atoms with Crippen LogP contribution in [0.1, 0.15) is 18.4 Å². The molecule has 1 fully saturated rings. The van der Waals surface area contributed by atoms with Crippen LogP contribution in [0.2, 0.25) is 0 Å². The van der Waals surface area contributed by atoms with Gasteiger partial charge in [-0.05, 0) is 19.4 Å². The zero-order valence-corrected chi connectivity index (χ0v) is 13.8. The molecule has 1 atom stereocenters. The summed E-state index contributed by atoms with van der Waals surface area (Å²) in [7, 11) is 0. The molecule has 2 amide bonds. The van der Waals surface area contributed by atoms with Crippen molar-refractivity contribution in [2.75, 3.05) is 18.4 Å². The number of hydrogen-bond donors (Lipinski definition) is 1. The number of nitrogens with one attached hydrogen (secondary N) is 1. The van der Waals surface area contributed by atoms with Gasteiger partial charge < -0.3 is 5.32 Å². The molecule has 8 nitrogen and oxygen atoms in total. The van der Waals surface area contributed by atoms with Crippen LogP contribution in [0.25, 0.3) is 0 Å². The molecule has 0 aliphatic carbocycles. The quantitative estimate of drug-likeness (QED) is 0.661. The lowest BCUT2D eigenvalue weighted by molar-refractivity contribution is -0.385. The lowest BCUT2D eigenvalue weighted by Gasteiger charge is -2.19. The second-order valence-corrected chi connectivity index (χ2v) is 6.79. The van der Waals surface area contributed by atoms with Gasteiger partial charge in [-0.3, -0.25) is 29.6 Å². The minimum atomic E-state index is -0.489. The molecule has 1 unspecified atom stereocenters. The van der Waals surface area contributed by atoms with Gasteiger partial charge in [0.15, 0.2) is 5.17 Å². The Labute approximate surface area is 142 Å². The first kappa shape index (κ1) is 16.4. The molecule has 3 rings (SSSR count). The number of fused-ring (bicyclic) bond motifs is 1. The van der Waals surface area contributed by atoms with Crippen molar-refractivity contribution in [1.82, 2.24) is 4.90 Å². The van der Waals surface area contributed by atoms with E-state index < -0.39 is 10.2 Å². The number of carbonyl (C=O) groups excluding carboxylic acids is 2. The van der Waals surface area contributed by atoms with Gasteiger partial charge in [-0.2, -0.15) is 0 Å². The van der Waals surface area contributed by atoms with Crippen LogP contribution in [0, 0.1) is 17.0 Å². The Kier molecular flexibility index (Phi) is 4.52. The van der Waals surface area contributed by atoms with Crippen LogP contribution in [-0.4, -0.2) is 45.1 Å². The lowest BCUT2D eigenvalue weighted by Crippen LogP contribution is -2.36. The second kappa shape index (κ2) is 6.60. The van der Waals surface area contributed by atoms with E-state index in [4.69, 9.17) is 0 Å². The Balaban J connectivity index is 1.65. The first-order chi connectivity index (χ1) is 11.5. The van der Waals surface area contributed by atoms with Crippen molar-refractivity contribution in [3.05, 3.63) is 33.9 Å². The number of thioether (sulfide) groups is 1. The fourth-order valence-electron chi connectivity index (χ4n) is 2.63. The zero-order chi connectivity index (χ0) is 17.3. The van der Waals surface area contributed by atoms with Crippen LogP contribution < -0.4 is 5.32 Å². The summed E-state index contributed by atoms with van der Waals surface area (Å²) in [6, 6.07) is 4.51. The third kappa shape index (κ3) is 3.25. The van der Waals surface area contributed by atoms with Crippen LogP contribution in [-0.2, 0) is 9.59 Å². The Morgan fingerprint density at radius 2 is 2.33 bits per heavy atom. The summed E-state index contributed by atoms with van der Waals surface area (Å²) in [4.78, 5) is 40.8. The van der Waals surface area contributed by atoms with E-state index in [0.29, 0.717) is 29.5 Å². The highest BCUT2D eigenvalue weighted by Gasteiger charge is 2.39. The molecule has 24 heavy (non-hydrogen) atoms. The SMILES string of the molecule is Cc1ccc(NC(=O)CC2SC3=NCCCN3C2=O)cc1[N+](=O)[O-]. The van der Waals surface area contributed by atoms with Crippen LogP contribution in [0.3, 0.4) is 0 Å². The van der Waals surface area contributed by atoms with Gasteiger partial charge in [0.05, 0.1) is 4.92 Å². The predicted octanol–water partition coefficient (Wildman–Crippen LogP) is 1.94. The number of aryl methyl sites for hydroxylation is 1. The Morgan fingerprint density at radius 1 is 1.54 bits per heavy atom. The molecule has 1 N–H and O–H groups in total. The molecule has 9 heteroatoms. The van der Waals surface area contributed by atoms with Gasteiger partial charge in [-0.1, -0.05) is 17.8 Å². The van der Waals surface area contributed by atoms with Crippen LogP contribution in [0.4, 0.5) is 11.4 Å². The molecule has 0 radical (unpaired) electrons. The summed E-state index contributed by atoms with van der Waals surface area (Å²) in [5.74, 6) is -0.442. The summed E-state index contributed by atoms with van der Waals surface area (Å²) in [5, 5.41) is 13.8. The maximum Gasteiger partial charge on any atom is 0.274 e. The number of amidine groups is 1. The van der Waals surface area contributed by atoms with Gasteiger partial charge in [0, 0.05) is 36.8 Å². The van der Waals surface area contributed by atoms with E-state index >= 15 is 0 Å². The van der Waals surface area contributed by atoms with Gasteiger partial charge in [0.25, 0.3) is 5.69 Å². The number of nitro benzene ring substituents is 1. The summed E-state index contributed by atoms with van der Waals surface area (Å²) >= 11 is 1.31. The summed E-state index contributed by atoms with van der Waals surface area (Å²) in [5.41, 5.74) is 0.822. The van der Waals surface area contributed by atoms with E-state index in [1.165, 1.54) is 17.8 Å². The van der Waals surface area contributed by atoms with Crippen molar-refractivity contribution in [2.45, 2.75) is 25.0 Å². The molecule has 2 aliphatic rings. The van der Waals surface area contributed by atoms with E-state index in [9.17, 15) is 19.7 Å². The minimum absolute atomic E-state index is 0.0146. The number of nitro groups is 1. The van der Waals surface area contributed by atoms with E-state index in [1.54, 1.807) is 24.0 Å². The van der Waals surface area contributed by atoms with Crippen LogP contribution in [0.5, 0.6) is 0 Å². The molecule has 126 valence electrons. The molecular weight excluding hydrogens is 332 g/mol. The van der Waals surface area contributed by atoms with Crippen molar-refractivity contribution in [1.29, 1.82) is 0 Å². The lowest BCUT2D eigenvalue weighted by atomic mass is 10.1. The number of aliphatic imine (C=N–C) groups is 1. The topological polar surface area (TPSA) is 105 Å². The first-order valence-electron chi connectivity index (χ1n) is 7.53. The molecule has 0 bridgehead atoms. The average molecular weight is 348 g/mol. The van der Waals surface area contributed by atoms with Crippen molar-refractivity contribution in [3.63, 3.8) is 0 Å². The Morgan fingerprint density at radius 3 is 3.04 bits per heavy atom. The number of carbonyl (C=O) groups is 2. The largest absolute Gasteiger partial charge is 0.326 e. The van der Waals surface area contributed by atoms with E-state index in [1.807, 2.05) is 0 Å². The van der Waals surface area contributed by atoms with Crippen molar-refractivity contribution >= 4 is 40.1 Å². The van der Waals surface area contributed by atoms with Gasteiger partial charge in [-0.15, -0.1) is 0 Å². The number of amides is 2. The van der Waals surface area contributed by atoms with Crippen molar-refractivity contribution in [3.8, 4) is 0 Å². The highest BCUT2D eigenvalue weighted by Crippen LogP contribution is 2.31. The van der Waals surface area contributed by atoms with Gasteiger partial charge in [0.2, 0.25) is 11.8 Å². The Hall–Kier alpha value is -2.42. The average Bonchev–Trinajstić information content (AvgIpc) is 2.85. The standard InChI is InChI=1S/C15H16N4O4S/c1-9-3-4-10(7-11(9)19(22)23)17-13(20)8-12-14(21)18-6-2-5-16-15(18)24-12/h3-4,7,12H,2,5-6,8H2,1H3,(H,17,20). The summed E-state index contributed by atoms with van der Waals surface area (Å²) in [6.07, 6.45) is 0.850. The maximum absolute atomic E-state index is 12.3. The van der Waals surface area contributed by atoms with Crippen LogP contribution in [0.15, 0.2) is 23.2 Å². The fourth-order valence-corrected chi connectivity index (χ4v) is 3.83. The second-order valence-electron chi connectivity index (χ2n) is 5.62. The number of rotatable bonds is 4. The van der Waals surface area contributed by atoms with Gasteiger partial charge in [0.1, 0.15) is 5.25 Å². The molecule has 2 aliphatic heterocycles. The minimum Gasteiger partial charge on any atom is -0.326 e. The molecule has 0 saturated carbocycles. The molecular formula is C15H16N4O4S. The van der Waals surface area contributed by atoms with Gasteiger partial charge in [-0.25, -0.2) is 0 Å². The molecule has 1 aromatic carbocycles. The highest BCUT2D eigenvalue weighted by molar-refractivity contribution is 8.15. The molecule has 1 saturated heterocycles. The van der Waals surface area contributed by atoms with E-state index in [0.717, 1.165) is 6.42 Å². The number of hydrogen-bond acceptors (Lipinski definition) is 6.